The van der Waals surface area contributed by atoms with Crippen molar-refractivity contribution in [2.75, 3.05) is 37.7 Å². The molecule has 0 unspecified atom stereocenters. The summed E-state index contributed by atoms with van der Waals surface area (Å²) in [5, 5.41) is 3.48. The second kappa shape index (κ2) is 7.69. The Morgan fingerprint density at radius 1 is 1.35 bits per heavy atom. The van der Waals surface area contributed by atoms with Crippen molar-refractivity contribution in [2.45, 2.75) is 13.0 Å². The lowest BCUT2D eigenvalue weighted by atomic mass is 10.3. The van der Waals surface area contributed by atoms with Gasteiger partial charge in [-0.05, 0) is 30.3 Å². The number of hydrogen-bond acceptors (Lipinski definition) is 4. The van der Waals surface area contributed by atoms with E-state index in [2.05, 4.69) is 33.0 Å². The second-order valence-corrected chi connectivity index (χ2v) is 5.57. The minimum Gasteiger partial charge on any atom is -0.311 e. The molecule has 0 aliphatic carbocycles. The molecular weight excluding hydrogens is 230 g/mol. The summed E-state index contributed by atoms with van der Waals surface area (Å²) in [6.45, 7) is 5.68. The van der Waals surface area contributed by atoms with Gasteiger partial charge in [-0.2, -0.15) is 11.8 Å². The van der Waals surface area contributed by atoms with Gasteiger partial charge in [-0.1, -0.05) is 6.07 Å². The van der Waals surface area contributed by atoms with Gasteiger partial charge < -0.3 is 10.2 Å². The molecule has 1 aromatic rings. The number of pyridine rings is 1. The Morgan fingerprint density at radius 3 is 3.24 bits per heavy atom. The molecule has 1 aliphatic heterocycles. The fourth-order valence-corrected chi connectivity index (χ4v) is 2.92. The number of aromatic nitrogens is 1. The SMILES string of the molecule is c1cncc(CNCCN2CCCSCC2)c1. The second-order valence-electron chi connectivity index (χ2n) is 4.35. The predicted molar refractivity (Wildman–Crippen MR) is 74.3 cm³/mol. The van der Waals surface area contributed by atoms with Crippen molar-refractivity contribution in [2.24, 2.45) is 0 Å². The molecule has 4 heteroatoms. The highest BCUT2D eigenvalue weighted by Gasteiger charge is 2.07. The van der Waals surface area contributed by atoms with Gasteiger partial charge in [0.15, 0.2) is 0 Å². The van der Waals surface area contributed by atoms with Gasteiger partial charge in [0.2, 0.25) is 0 Å². The van der Waals surface area contributed by atoms with E-state index < -0.39 is 0 Å². The van der Waals surface area contributed by atoms with Crippen LogP contribution in [-0.4, -0.2) is 47.6 Å². The lowest BCUT2D eigenvalue weighted by molar-refractivity contribution is 0.294. The molecule has 94 valence electrons. The smallest absolute Gasteiger partial charge is 0.0312 e. The van der Waals surface area contributed by atoms with Crippen LogP contribution < -0.4 is 5.32 Å². The third-order valence-corrected chi connectivity index (χ3v) is 4.02. The molecule has 0 amide bonds. The van der Waals surface area contributed by atoms with Gasteiger partial charge in [-0.15, -0.1) is 0 Å². The molecule has 0 bridgehead atoms. The topological polar surface area (TPSA) is 28.2 Å². The Balaban J connectivity index is 1.59. The lowest BCUT2D eigenvalue weighted by Gasteiger charge is -2.19. The van der Waals surface area contributed by atoms with E-state index in [1.807, 2.05) is 18.5 Å². The molecule has 1 aromatic heterocycles. The summed E-state index contributed by atoms with van der Waals surface area (Å²) in [6, 6.07) is 4.10. The van der Waals surface area contributed by atoms with Gasteiger partial charge in [-0.3, -0.25) is 4.98 Å². The van der Waals surface area contributed by atoms with Crippen LogP contribution in [0, 0.1) is 0 Å². The maximum absolute atomic E-state index is 4.11. The predicted octanol–water partition coefficient (Wildman–Crippen LogP) is 1.61. The van der Waals surface area contributed by atoms with Gasteiger partial charge >= 0.3 is 0 Å². The molecular formula is C13H21N3S. The minimum absolute atomic E-state index is 0.927. The highest BCUT2D eigenvalue weighted by molar-refractivity contribution is 7.99. The van der Waals surface area contributed by atoms with Crippen molar-refractivity contribution in [3.05, 3.63) is 30.1 Å². The van der Waals surface area contributed by atoms with Crippen molar-refractivity contribution in [3.8, 4) is 0 Å². The van der Waals surface area contributed by atoms with Crippen LogP contribution in [0.15, 0.2) is 24.5 Å². The maximum atomic E-state index is 4.11. The van der Waals surface area contributed by atoms with Crippen molar-refractivity contribution < 1.29 is 0 Å². The monoisotopic (exact) mass is 251 g/mol. The van der Waals surface area contributed by atoms with Gasteiger partial charge in [0, 0.05) is 44.3 Å². The Labute approximate surface area is 108 Å². The fourth-order valence-electron chi connectivity index (χ4n) is 1.99. The molecule has 2 heterocycles. The van der Waals surface area contributed by atoms with Crippen molar-refractivity contribution in [1.82, 2.24) is 15.2 Å². The van der Waals surface area contributed by atoms with Crippen LogP contribution in [0.4, 0.5) is 0 Å². The van der Waals surface area contributed by atoms with Gasteiger partial charge in [0.1, 0.15) is 0 Å². The molecule has 1 N–H and O–H groups in total. The Bertz CT molecular complexity index is 297. The molecule has 2 rings (SSSR count). The maximum Gasteiger partial charge on any atom is 0.0312 e. The number of hydrogen-bond donors (Lipinski definition) is 1. The molecule has 0 spiro atoms. The molecule has 3 nitrogen and oxygen atoms in total. The first-order valence-corrected chi connectivity index (χ1v) is 7.50. The molecule has 0 aromatic carbocycles. The van der Waals surface area contributed by atoms with Crippen LogP contribution in [0.5, 0.6) is 0 Å². The average Bonchev–Trinajstić information content (AvgIpc) is 2.65. The molecule has 0 atom stereocenters. The summed E-state index contributed by atoms with van der Waals surface area (Å²) in [5.74, 6) is 2.63. The van der Waals surface area contributed by atoms with Crippen LogP contribution in [0.25, 0.3) is 0 Å². The standard InChI is InChI=1S/C13H21N3S/c1-3-13(11-14-4-1)12-15-5-7-16-6-2-9-17-10-8-16/h1,3-4,11,15H,2,5-10,12H2. The quantitative estimate of drug-likeness (QED) is 0.805. The lowest BCUT2D eigenvalue weighted by Crippen LogP contribution is -2.33. The van der Waals surface area contributed by atoms with Crippen LogP contribution in [-0.2, 0) is 6.54 Å². The van der Waals surface area contributed by atoms with Crippen molar-refractivity contribution in [3.63, 3.8) is 0 Å². The summed E-state index contributed by atoms with van der Waals surface area (Å²) in [7, 11) is 0. The van der Waals surface area contributed by atoms with E-state index in [0.717, 1.165) is 13.1 Å². The summed E-state index contributed by atoms with van der Waals surface area (Å²) >= 11 is 2.09. The minimum atomic E-state index is 0.927. The third-order valence-electron chi connectivity index (χ3n) is 2.97. The van der Waals surface area contributed by atoms with Crippen molar-refractivity contribution >= 4 is 11.8 Å². The van der Waals surface area contributed by atoms with E-state index in [9.17, 15) is 0 Å². The molecule has 0 radical (unpaired) electrons. The molecule has 17 heavy (non-hydrogen) atoms. The largest absolute Gasteiger partial charge is 0.311 e. The van der Waals surface area contributed by atoms with Gasteiger partial charge in [-0.25, -0.2) is 0 Å². The van der Waals surface area contributed by atoms with E-state index in [1.165, 1.54) is 43.1 Å². The average molecular weight is 251 g/mol. The Hall–Kier alpha value is -0.580. The zero-order valence-electron chi connectivity index (χ0n) is 10.3. The summed E-state index contributed by atoms with van der Waals surface area (Å²) in [4.78, 5) is 6.68. The van der Waals surface area contributed by atoms with E-state index in [-0.39, 0.29) is 0 Å². The highest BCUT2D eigenvalue weighted by Crippen LogP contribution is 2.09. The van der Waals surface area contributed by atoms with E-state index in [4.69, 9.17) is 0 Å². The molecule has 1 fully saturated rings. The first-order valence-electron chi connectivity index (χ1n) is 6.35. The summed E-state index contributed by atoms with van der Waals surface area (Å²) < 4.78 is 0. The molecule has 0 saturated carbocycles. The zero-order valence-corrected chi connectivity index (χ0v) is 11.1. The van der Waals surface area contributed by atoms with Crippen LogP contribution in [0.3, 0.4) is 0 Å². The number of rotatable bonds is 5. The first-order chi connectivity index (χ1) is 8.45. The highest BCUT2D eigenvalue weighted by atomic mass is 32.2. The van der Waals surface area contributed by atoms with E-state index >= 15 is 0 Å². The number of thioether (sulfide) groups is 1. The molecule has 1 aliphatic rings. The van der Waals surface area contributed by atoms with Gasteiger partial charge in [0.25, 0.3) is 0 Å². The number of nitrogens with zero attached hydrogens (tertiary/aromatic N) is 2. The Kier molecular flexibility index (Phi) is 5.82. The van der Waals surface area contributed by atoms with E-state index in [0.29, 0.717) is 0 Å². The van der Waals surface area contributed by atoms with Crippen LogP contribution in [0.1, 0.15) is 12.0 Å². The van der Waals surface area contributed by atoms with E-state index in [1.54, 1.807) is 0 Å². The summed E-state index contributed by atoms with van der Waals surface area (Å²) in [6.07, 6.45) is 5.08. The third kappa shape index (κ3) is 5.06. The summed E-state index contributed by atoms with van der Waals surface area (Å²) in [5.41, 5.74) is 1.26. The zero-order chi connectivity index (χ0) is 11.8. The molecule has 1 saturated heterocycles. The fraction of sp³-hybridized carbons (Fsp3) is 0.615. The Morgan fingerprint density at radius 2 is 2.35 bits per heavy atom. The number of nitrogens with one attached hydrogen (secondary N) is 1. The van der Waals surface area contributed by atoms with Crippen molar-refractivity contribution in [1.29, 1.82) is 0 Å². The van der Waals surface area contributed by atoms with Gasteiger partial charge in [0.05, 0.1) is 0 Å². The van der Waals surface area contributed by atoms with Crippen LogP contribution in [0.2, 0.25) is 0 Å². The first kappa shape index (κ1) is 12.9. The normalized spacial score (nSPS) is 17.9. The van der Waals surface area contributed by atoms with Crippen LogP contribution >= 0.6 is 11.8 Å².